The van der Waals surface area contributed by atoms with Gasteiger partial charge in [-0.2, -0.15) is 18.4 Å². The Morgan fingerprint density at radius 3 is 2.25 bits per heavy atom. The van der Waals surface area contributed by atoms with Gasteiger partial charge in [0.1, 0.15) is 0 Å². The summed E-state index contributed by atoms with van der Waals surface area (Å²) in [6.45, 7) is 1.91. The lowest BCUT2D eigenvalue weighted by atomic mass is 10.1. The van der Waals surface area contributed by atoms with E-state index in [4.69, 9.17) is 5.26 Å². The average Bonchev–Trinajstić information content (AvgIpc) is 2.40. The first kappa shape index (κ1) is 14.5. The summed E-state index contributed by atoms with van der Waals surface area (Å²) in [7, 11) is 0. The van der Waals surface area contributed by atoms with E-state index in [1.807, 2.05) is 19.1 Å². The Bertz CT molecular complexity index is 654. The van der Waals surface area contributed by atoms with Crippen LogP contribution in [-0.2, 0) is 6.18 Å². The minimum Gasteiger partial charge on any atom is -0.192 e. The second kappa shape index (κ2) is 5.59. The summed E-state index contributed by atoms with van der Waals surface area (Å²) in [5.41, 5.74) is 0.276. The van der Waals surface area contributed by atoms with Gasteiger partial charge in [-0.1, -0.05) is 29.5 Å². The van der Waals surface area contributed by atoms with E-state index in [1.54, 1.807) is 18.2 Å². The molecule has 0 amide bonds. The quantitative estimate of drug-likeness (QED) is 0.774. The molecule has 0 aromatic heterocycles. The molecule has 0 spiro atoms. The van der Waals surface area contributed by atoms with Gasteiger partial charge in [0.15, 0.2) is 0 Å². The Morgan fingerprint density at radius 1 is 1.05 bits per heavy atom. The molecule has 102 valence electrons. The highest BCUT2D eigenvalue weighted by Gasteiger charge is 2.34. The van der Waals surface area contributed by atoms with E-state index < -0.39 is 11.7 Å². The molecule has 20 heavy (non-hydrogen) atoms. The van der Waals surface area contributed by atoms with Crippen molar-refractivity contribution in [3.05, 3.63) is 59.2 Å². The second-order valence-corrected chi connectivity index (χ2v) is 5.35. The molecule has 1 nitrogen and oxygen atoms in total. The lowest BCUT2D eigenvalue weighted by molar-refractivity contribution is -0.139. The summed E-state index contributed by atoms with van der Waals surface area (Å²) < 4.78 is 39.0. The number of benzene rings is 2. The zero-order valence-electron chi connectivity index (χ0n) is 10.5. The first-order chi connectivity index (χ1) is 9.40. The van der Waals surface area contributed by atoms with Gasteiger partial charge in [-0.15, -0.1) is 0 Å². The SMILES string of the molecule is Cc1ccc(Sc2ccc(C#N)cc2C(F)(F)F)cc1. The molecule has 0 aliphatic rings. The van der Waals surface area contributed by atoms with Crippen LogP contribution in [0.25, 0.3) is 0 Å². The fourth-order valence-corrected chi connectivity index (χ4v) is 2.59. The van der Waals surface area contributed by atoms with Crippen LogP contribution in [0.3, 0.4) is 0 Å². The standard InChI is InChI=1S/C15H10F3NS/c1-10-2-5-12(6-3-10)20-14-7-4-11(9-19)8-13(14)15(16,17)18/h2-8H,1H3. The number of halogens is 3. The smallest absolute Gasteiger partial charge is 0.192 e. The van der Waals surface area contributed by atoms with Gasteiger partial charge < -0.3 is 0 Å². The van der Waals surface area contributed by atoms with Crippen molar-refractivity contribution >= 4 is 11.8 Å². The zero-order valence-corrected chi connectivity index (χ0v) is 11.3. The van der Waals surface area contributed by atoms with E-state index in [1.165, 1.54) is 12.1 Å². The maximum absolute atomic E-state index is 13.0. The maximum atomic E-state index is 13.0. The van der Waals surface area contributed by atoms with E-state index in [9.17, 15) is 13.2 Å². The van der Waals surface area contributed by atoms with Crippen LogP contribution >= 0.6 is 11.8 Å². The summed E-state index contributed by atoms with van der Waals surface area (Å²) in [5.74, 6) is 0. The third kappa shape index (κ3) is 3.34. The third-order valence-electron chi connectivity index (χ3n) is 2.66. The predicted octanol–water partition coefficient (Wildman–Crippen LogP) is 5.04. The predicted molar refractivity (Wildman–Crippen MR) is 71.5 cm³/mol. The van der Waals surface area contributed by atoms with Crippen molar-refractivity contribution < 1.29 is 13.2 Å². The normalized spacial score (nSPS) is 11.2. The lowest BCUT2D eigenvalue weighted by Gasteiger charge is -2.12. The van der Waals surface area contributed by atoms with E-state index >= 15 is 0 Å². The van der Waals surface area contributed by atoms with E-state index in [0.29, 0.717) is 0 Å². The highest BCUT2D eigenvalue weighted by molar-refractivity contribution is 7.99. The van der Waals surface area contributed by atoms with Gasteiger partial charge in [0.2, 0.25) is 0 Å². The van der Waals surface area contributed by atoms with Crippen LogP contribution in [0.2, 0.25) is 0 Å². The molecule has 0 saturated carbocycles. The second-order valence-electron chi connectivity index (χ2n) is 4.24. The molecule has 0 aliphatic heterocycles. The summed E-state index contributed by atoms with van der Waals surface area (Å²) in [4.78, 5) is 0.825. The molecule has 0 unspecified atom stereocenters. The van der Waals surface area contributed by atoms with Crippen molar-refractivity contribution in [2.24, 2.45) is 0 Å². The Kier molecular flexibility index (Phi) is 4.05. The molecule has 0 aliphatic carbocycles. The number of nitriles is 1. The average molecular weight is 293 g/mol. The Hall–Kier alpha value is -1.93. The Balaban J connectivity index is 2.41. The number of nitrogens with zero attached hydrogens (tertiary/aromatic N) is 1. The number of aryl methyl sites for hydroxylation is 1. The summed E-state index contributed by atoms with van der Waals surface area (Å²) in [6, 6.07) is 12.6. The molecular formula is C15H10F3NS. The van der Waals surface area contributed by atoms with Gasteiger partial charge in [0, 0.05) is 9.79 Å². The van der Waals surface area contributed by atoms with Crippen molar-refractivity contribution in [3.63, 3.8) is 0 Å². The van der Waals surface area contributed by atoms with Crippen LogP contribution in [0.5, 0.6) is 0 Å². The van der Waals surface area contributed by atoms with E-state index in [0.717, 1.165) is 28.3 Å². The van der Waals surface area contributed by atoms with Gasteiger partial charge in [0.25, 0.3) is 0 Å². The van der Waals surface area contributed by atoms with Crippen molar-refractivity contribution in [1.82, 2.24) is 0 Å². The highest BCUT2D eigenvalue weighted by Crippen LogP contribution is 2.39. The monoisotopic (exact) mass is 293 g/mol. The number of rotatable bonds is 2. The lowest BCUT2D eigenvalue weighted by Crippen LogP contribution is -2.07. The molecule has 0 N–H and O–H groups in total. The van der Waals surface area contributed by atoms with Crippen molar-refractivity contribution in [2.75, 3.05) is 0 Å². The minimum absolute atomic E-state index is 0.00517. The molecule has 0 heterocycles. The van der Waals surface area contributed by atoms with Crippen molar-refractivity contribution in [2.45, 2.75) is 22.9 Å². The fourth-order valence-electron chi connectivity index (χ4n) is 1.64. The molecule has 2 aromatic carbocycles. The van der Waals surface area contributed by atoms with Gasteiger partial charge in [-0.05, 0) is 37.3 Å². The first-order valence-corrected chi connectivity index (χ1v) is 6.57. The maximum Gasteiger partial charge on any atom is 0.417 e. The summed E-state index contributed by atoms with van der Waals surface area (Å²) >= 11 is 1.04. The van der Waals surface area contributed by atoms with Gasteiger partial charge >= 0.3 is 6.18 Å². The molecular weight excluding hydrogens is 283 g/mol. The van der Waals surface area contributed by atoms with Crippen molar-refractivity contribution in [1.29, 1.82) is 5.26 Å². The fraction of sp³-hybridized carbons (Fsp3) is 0.133. The summed E-state index contributed by atoms with van der Waals surface area (Å²) in [5, 5.41) is 8.71. The zero-order chi connectivity index (χ0) is 14.8. The van der Waals surface area contributed by atoms with Crippen LogP contribution in [-0.4, -0.2) is 0 Å². The van der Waals surface area contributed by atoms with Gasteiger partial charge in [-0.25, -0.2) is 0 Å². The largest absolute Gasteiger partial charge is 0.417 e. The van der Waals surface area contributed by atoms with E-state index in [-0.39, 0.29) is 10.5 Å². The molecule has 2 aromatic rings. The molecule has 0 saturated heterocycles. The molecule has 0 atom stereocenters. The molecule has 0 radical (unpaired) electrons. The third-order valence-corrected chi connectivity index (χ3v) is 3.75. The van der Waals surface area contributed by atoms with Crippen LogP contribution in [0.4, 0.5) is 13.2 Å². The van der Waals surface area contributed by atoms with Crippen molar-refractivity contribution in [3.8, 4) is 6.07 Å². The topological polar surface area (TPSA) is 23.8 Å². The Labute approximate surface area is 119 Å². The van der Waals surface area contributed by atoms with Crippen LogP contribution in [0, 0.1) is 18.3 Å². The first-order valence-electron chi connectivity index (χ1n) is 5.76. The molecule has 5 heteroatoms. The van der Waals surface area contributed by atoms with Crippen LogP contribution < -0.4 is 0 Å². The van der Waals surface area contributed by atoms with Gasteiger partial charge in [0.05, 0.1) is 17.2 Å². The Morgan fingerprint density at radius 2 is 1.70 bits per heavy atom. The van der Waals surface area contributed by atoms with Crippen LogP contribution in [0.15, 0.2) is 52.3 Å². The highest BCUT2D eigenvalue weighted by atomic mass is 32.2. The summed E-state index contributed by atoms with van der Waals surface area (Å²) in [6.07, 6.45) is -4.47. The van der Waals surface area contributed by atoms with E-state index in [2.05, 4.69) is 0 Å². The molecule has 0 fully saturated rings. The van der Waals surface area contributed by atoms with Crippen LogP contribution in [0.1, 0.15) is 16.7 Å². The van der Waals surface area contributed by atoms with Gasteiger partial charge in [-0.3, -0.25) is 0 Å². The number of hydrogen-bond acceptors (Lipinski definition) is 2. The minimum atomic E-state index is -4.47. The number of hydrogen-bond donors (Lipinski definition) is 0. The molecule has 2 rings (SSSR count). The molecule has 0 bridgehead atoms. The number of alkyl halides is 3.